The van der Waals surface area contributed by atoms with Crippen LogP contribution in [0.3, 0.4) is 0 Å². The Bertz CT molecular complexity index is 1090. The van der Waals surface area contributed by atoms with Crippen molar-refractivity contribution in [3.8, 4) is 11.4 Å². The molecule has 156 valence electrons. The number of thioether (sulfide) groups is 1. The molecule has 1 aromatic carbocycles. The second-order valence-electron chi connectivity index (χ2n) is 8.05. The molecule has 0 radical (unpaired) electrons. The third-order valence-electron chi connectivity index (χ3n) is 4.77. The summed E-state index contributed by atoms with van der Waals surface area (Å²) in [6, 6.07) is 12.3. The standard InChI is InChI=1S/C22H25N5O2S/c1-5-18-23-19(29-26-18)14-30-21-25-24-20(27(21)13-17-7-6-12-28-17)15-8-10-16(11-9-15)22(2,3)4/h6-12H,5,13-14H2,1-4H3. The van der Waals surface area contributed by atoms with Crippen molar-refractivity contribution in [2.45, 2.75) is 57.0 Å². The van der Waals surface area contributed by atoms with Gasteiger partial charge in [-0.25, -0.2) is 0 Å². The van der Waals surface area contributed by atoms with E-state index in [-0.39, 0.29) is 5.41 Å². The highest BCUT2D eigenvalue weighted by atomic mass is 32.2. The Hall–Kier alpha value is -2.87. The summed E-state index contributed by atoms with van der Waals surface area (Å²) >= 11 is 1.52. The van der Waals surface area contributed by atoms with Crippen LogP contribution in [0.4, 0.5) is 0 Å². The first-order valence-corrected chi connectivity index (χ1v) is 10.9. The minimum atomic E-state index is 0.100. The zero-order valence-electron chi connectivity index (χ0n) is 17.6. The molecule has 0 bridgehead atoms. The van der Waals surface area contributed by atoms with Gasteiger partial charge in [0.25, 0.3) is 0 Å². The molecule has 0 aliphatic heterocycles. The highest BCUT2D eigenvalue weighted by molar-refractivity contribution is 7.98. The summed E-state index contributed by atoms with van der Waals surface area (Å²) in [6.45, 7) is 9.16. The quantitative estimate of drug-likeness (QED) is 0.381. The van der Waals surface area contributed by atoms with E-state index in [1.54, 1.807) is 6.26 Å². The van der Waals surface area contributed by atoms with E-state index in [9.17, 15) is 0 Å². The molecule has 3 heterocycles. The van der Waals surface area contributed by atoms with Crippen LogP contribution in [0.1, 0.15) is 50.7 Å². The van der Waals surface area contributed by atoms with Crippen molar-refractivity contribution in [3.05, 3.63) is 65.7 Å². The molecule has 0 N–H and O–H groups in total. The number of nitrogens with zero attached hydrogens (tertiary/aromatic N) is 5. The Labute approximate surface area is 179 Å². The fourth-order valence-corrected chi connectivity index (χ4v) is 3.82. The fraction of sp³-hybridized carbons (Fsp3) is 0.364. The van der Waals surface area contributed by atoms with E-state index in [1.165, 1.54) is 17.3 Å². The highest BCUT2D eigenvalue weighted by Gasteiger charge is 2.19. The van der Waals surface area contributed by atoms with Gasteiger partial charge >= 0.3 is 0 Å². The minimum Gasteiger partial charge on any atom is -0.467 e. The maximum Gasteiger partial charge on any atom is 0.237 e. The van der Waals surface area contributed by atoms with E-state index in [0.717, 1.165) is 28.7 Å². The van der Waals surface area contributed by atoms with Gasteiger partial charge in [-0.2, -0.15) is 4.98 Å². The second kappa shape index (κ2) is 8.47. The molecule has 0 spiro atoms. The average molecular weight is 424 g/mol. The average Bonchev–Trinajstić information content (AvgIpc) is 3.48. The first-order chi connectivity index (χ1) is 14.4. The Morgan fingerprint density at radius 2 is 1.87 bits per heavy atom. The van der Waals surface area contributed by atoms with Gasteiger partial charge in [0.1, 0.15) is 5.76 Å². The van der Waals surface area contributed by atoms with Crippen molar-refractivity contribution in [3.63, 3.8) is 0 Å². The van der Waals surface area contributed by atoms with Gasteiger partial charge < -0.3 is 8.94 Å². The molecule has 3 aromatic heterocycles. The summed E-state index contributed by atoms with van der Waals surface area (Å²) < 4.78 is 12.9. The lowest BCUT2D eigenvalue weighted by Gasteiger charge is -2.19. The van der Waals surface area contributed by atoms with Crippen LogP contribution >= 0.6 is 11.8 Å². The largest absolute Gasteiger partial charge is 0.467 e. The van der Waals surface area contributed by atoms with Gasteiger partial charge in [0.05, 0.1) is 18.6 Å². The summed E-state index contributed by atoms with van der Waals surface area (Å²) in [6.07, 6.45) is 2.42. The number of aromatic nitrogens is 5. The summed E-state index contributed by atoms with van der Waals surface area (Å²) in [5.41, 5.74) is 2.39. The second-order valence-corrected chi connectivity index (χ2v) is 8.99. The van der Waals surface area contributed by atoms with Gasteiger partial charge in [0.15, 0.2) is 16.8 Å². The molecule has 8 heteroatoms. The van der Waals surface area contributed by atoms with Crippen LogP contribution in [0.25, 0.3) is 11.4 Å². The molecule has 7 nitrogen and oxygen atoms in total. The normalized spacial score (nSPS) is 11.9. The lowest BCUT2D eigenvalue weighted by molar-refractivity contribution is 0.385. The van der Waals surface area contributed by atoms with E-state index in [1.807, 2.05) is 19.1 Å². The van der Waals surface area contributed by atoms with Crippen LogP contribution < -0.4 is 0 Å². The first kappa shape index (κ1) is 20.4. The Kier molecular flexibility index (Phi) is 5.76. The van der Waals surface area contributed by atoms with Gasteiger partial charge in [-0.3, -0.25) is 4.57 Å². The van der Waals surface area contributed by atoms with Gasteiger partial charge in [-0.1, -0.05) is 68.9 Å². The van der Waals surface area contributed by atoms with E-state index in [4.69, 9.17) is 8.94 Å². The molecule has 0 aliphatic rings. The van der Waals surface area contributed by atoms with Crippen molar-refractivity contribution in [1.82, 2.24) is 24.9 Å². The summed E-state index contributed by atoms with van der Waals surface area (Å²) in [4.78, 5) is 4.37. The highest BCUT2D eigenvalue weighted by Crippen LogP contribution is 2.29. The number of rotatable bonds is 7. The number of aryl methyl sites for hydroxylation is 1. The monoisotopic (exact) mass is 423 g/mol. The van der Waals surface area contributed by atoms with Crippen molar-refractivity contribution < 1.29 is 8.94 Å². The number of hydrogen-bond acceptors (Lipinski definition) is 7. The summed E-state index contributed by atoms with van der Waals surface area (Å²) in [7, 11) is 0. The maximum absolute atomic E-state index is 5.57. The van der Waals surface area contributed by atoms with Crippen LogP contribution in [0.2, 0.25) is 0 Å². The molecule has 0 fully saturated rings. The molecule has 0 saturated carbocycles. The molecule has 30 heavy (non-hydrogen) atoms. The number of furan rings is 1. The fourth-order valence-electron chi connectivity index (χ4n) is 3.05. The Morgan fingerprint density at radius 3 is 2.50 bits per heavy atom. The molecule has 4 rings (SSSR count). The van der Waals surface area contributed by atoms with E-state index in [2.05, 4.69) is 69.9 Å². The molecule has 0 amide bonds. The zero-order valence-corrected chi connectivity index (χ0v) is 18.4. The SMILES string of the molecule is CCc1noc(CSc2nnc(-c3ccc(C(C)(C)C)cc3)n2Cc2ccco2)n1. The maximum atomic E-state index is 5.57. The number of hydrogen-bond donors (Lipinski definition) is 0. The first-order valence-electron chi connectivity index (χ1n) is 9.95. The predicted octanol–water partition coefficient (Wildman–Crippen LogP) is 5.12. The Morgan fingerprint density at radius 1 is 1.07 bits per heavy atom. The van der Waals surface area contributed by atoms with Crippen LogP contribution in [-0.2, 0) is 24.1 Å². The summed E-state index contributed by atoms with van der Waals surface area (Å²) in [5.74, 6) is 3.47. The van der Waals surface area contributed by atoms with Crippen molar-refractivity contribution in [2.24, 2.45) is 0 Å². The third kappa shape index (κ3) is 4.48. The van der Waals surface area contributed by atoms with Gasteiger partial charge in [0, 0.05) is 12.0 Å². The van der Waals surface area contributed by atoms with Gasteiger partial charge in [-0.05, 0) is 23.1 Å². The van der Waals surface area contributed by atoms with Crippen LogP contribution in [0, 0.1) is 0 Å². The van der Waals surface area contributed by atoms with Crippen molar-refractivity contribution in [1.29, 1.82) is 0 Å². The summed E-state index contributed by atoms with van der Waals surface area (Å²) in [5, 5.41) is 13.6. The van der Waals surface area contributed by atoms with Crippen molar-refractivity contribution in [2.75, 3.05) is 0 Å². The van der Waals surface area contributed by atoms with E-state index >= 15 is 0 Å². The lowest BCUT2D eigenvalue weighted by atomic mass is 9.87. The lowest BCUT2D eigenvalue weighted by Crippen LogP contribution is -2.10. The molecular formula is C22H25N5O2S. The van der Waals surface area contributed by atoms with Gasteiger partial charge in [0.2, 0.25) is 5.89 Å². The van der Waals surface area contributed by atoms with E-state index in [0.29, 0.717) is 24.0 Å². The topological polar surface area (TPSA) is 82.8 Å². The molecule has 0 atom stereocenters. The van der Waals surface area contributed by atoms with E-state index < -0.39 is 0 Å². The van der Waals surface area contributed by atoms with Crippen LogP contribution in [0.15, 0.2) is 56.8 Å². The zero-order chi connectivity index (χ0) is 21.1. The third-order valence-corrected chi connectivity index (χ3v) is 5.72. The molecule has 0 saturated heterocycles. The molecule has 0 unspecified atom stereocenters. The van der Waals surface area contributed by atoms with Gasteiger partial charge in [-0.15, -0.1) is 10.2 Å². The predicted molar refractivity (Wildman–Crippen MR) is 115 cm³/mol. The molecular weight excluding hydrogens is 398 g/mol. The Balaban J connectivity index is 1.63. The molecule has 0 aliphatic carbocycles. The molecule has 4 aromatic rings. The minimum absolute atomic E-state index is 0.100. The van der Waals surface area contributed by atoms with Crippen molar-refractivity contribution >= 4 is 11.8 Å². The number of benzene rings is 1. The van der Waals surface area contributed by atoms with Crippen LogP contribution in [-0.4, -0.2) is 24.9 Å². The van der Waals surface area contributed by atoms with Crippen LogP contribution in [0.5, 0.6) is 0 Å². The smallest absolute Gasteiger partial charge is 0.237 e.